The summed E-state index contributed by atoms with van der Waals surface area (Å²) >= 11 is 0. The van der Waals surface area contributed by atoms with Gasteiger partial charge in [0.15, 0.2) is 0 Å². The Balaban J connectivity index is 1.70. The number of piperidine rings is 1. The van der Waals surface area contributed by atoms with Gasteiger partial charge >= 0.3 is 0 Å². The number of ether oxygens (including phenoxy) is 1. The topological polar surface area (TPSA) is 36.3 Å². The Labute approximate surface area is 91.3 Å². The highest BCUT2D eigenvalue weighted by atomic mass is 16.5. The van der Waals surface area contributed by atoms with Crippen LogP contribution in [0.5, 0.6) is 0 Å². The molecule has 15 heavy (non-hydrogen) atoms. The first-order valence-corrected chi connectivity index (χ1v) is 6.32. The van der Waals surface area contributed by atoms with Gasteiger partial charge in [-0.3, -0.25) is 5.41 Å². The minimum absolute atomic E-state index is 0.448. The highest BCUT2D eigenvalue weighted by Crippen LogP contribution is 2.40. The van der Waals surface area contributed by atoms with Crippen molar-refractivity contribution < 1.29 is 4.74 Å². The van der Waals surface area contributed by atoms with Crippen molar-refractivity contribution in [2.75, 3.05) is 13.2 Å². The number of hydrogen-bond donors (Lipinski definition) is 1. The Morgan fingerprint density at radius 3 is 2.80 bits per heavy atom. The molecule has 0 spiro atoms. The zero-order valence-electron chi connectivity index (χ0n) is 9.24. The molecule has 0 amide bonds. The van der Waals surface area contributed by atoms with Crippen LogP contribution in [0.4, 0.5) is 0 Å². The van der Waals surface area contributed by atoms with Crippen LogP contribution in [0.2, 0.25) is 0 Å². The maximum absolute atomic E-state index is 8.03. The second-order valence-electron chi connectivity index (χ2n) is 5.13. The van der Waals surface area contributed by atoms with Gasteiger partial charge in [-0.15, -0.1) is 0 Å². The molecule has 2 unspecified atom stereocenters. The van der Waals surface area contributed by atoms with Crippen molar-refractivity contribution in [1.29, 1.82) is 5.41 Å². The van der Waals surface area contributed by atoms with Gasteiger partial charge in [-0.1, -0.05) is 0 Å². The Morgan fingerprint density at radius 1 is 1.20 bits per heavy atom. The van der Waals surface area contributed by atoms with Crippen LogP contribution in [-0.4, -0.2) is 36.0 Å². The van der Waals surface area contributed by atoms with Crippen molar-refractivity contribution in [3.05, 3.63) is 0 Å². The molecule has 3 aliphatic rings. The number of likely N-dealkylation sites (tertiary alicyclic amines) is 1. The Kier molecular flexibility index (Phi) is 2.43. The van der Waals surface area contributed by atoms with Gasteiger partial charge in [-0.2, -0.15) is 0 Å². The number of rotatable bonds is 2. The summed E-state index contributed by atoms with van der Waals surface area (Å²) in [6, 6.07) is 0.533. The Hall–Kier alpha value is -0.570. The van der Waals surface area contributed by atoms with Gasteiger partial charge in [0, 0.05) is 19.6 Å². The first-order valence-electron chi connectivity index (χ1n) is 6.32. The lowest BCUT2D eigenvalue weighted by atomic mass is 10.0. The first kappa shape index (κ1) is 9.64. The molecule has 0 aromatic carbocycles. The van der Waals surface area contributed by atoms with Crippen molar-refractivity contribution in [3.8, 4) is 0 Å². The predicted octanol–water partition coefficient (Wildman–Crippen LogP) is 2.02. The molecular weight excluding hydrogens is 188 g/mol. The summed E-state index contributed by atoms with van der Waals surface area (Å²) in [6.45, 7) is 2.01. The molecule has 3 rings (SSSR count). The van der Waals surface area contributed by atoms with Crippen LogP contribution in [0.15, 0.2) is 0 Å². The Morgan fingerprint density at radius 2 is 2.07 bits per heavy atom. The van der Waals surface area contributed by atoms with E-state index in [1.807, 2.05) is 0 Å². The fourth-order valence-corrected chi connectivity index (χ4v) is 3.03. The zero-order valence-corrected chi connectivity index (χ0v) is 9.24. The fourth-order valence-electron chi connectivity index (χ4n) is 3.03. The van der Waals surface area contributed by atoms with Gasteiger partial charge in [-0.25, -0.2) is 0 Å². The van der Waals surface area contributed by atoms with Gasteiger partial charge in [-0.05, 0) is 38.0 Å². The summed E-state index contributed by atoms with van der Waals surface area (Å²) in [4.78, 5) is 2.33. The molecule has 0 radical (unpaired) electrons. The van der Waals surface area contributed by atoms with Crippen molar-refractivity contribution in [2.45, 2.75) is 50.7 Å². The highest BCUT2D eigenvalue weighted by molar-refractivity contribution is 5.80. The van der Waals surface area contributed by atoms with Gasteiger partial charge in [0.25, 0.3) is 0 Å². The van der Waals surface area contributed by atoms with Crippen molar-refractivity contribution in [1.82, 2.24) is 4.90 Å². The van der Waals surface area contributed by atoms with Crippen LogP contribution in [0.3, 0.4) is 0 Å². The lowest BCUT2D eigenvalue weighted by molar-refractivity contribution is 0.0614. The first-order chi connectivity index (χ1) is 7.36. The van der Waals surface area contributed by atoms with Gasteiger partial charge < -0.3 is 9.64 Å². The summed E-state index contributed by atoms with van der Waals surface area (Å²) in [6.07, 6.45) is 7.73. The maximum Gasteiger partial charge on any atom is 0.0961 e. The van der Waals surface area contributed by atoms with Gasteiger partial charge in [0.2, 0.25) is 0 Å². The van der Waals surface area contributed by atoms with Gasteiger partial charge in [0.05, 0.1) is 18.0 Å². The normalized spacial score (nSPS) is 37.3. The van der Waals surface area contributed by atoms with Crippen LogP contribution in [0, 0.1) is 11.3 Å². The van der Waals surface area contributed by atoms with Crippen LogP contribution < -0.4 is 0 Å². The Bertz CT molecular complexity index is 262. The lowest BCUT2D eigenvalue weighted by Crippen LogP contribution is -2.47. The van der Waals surface area contributed by atoms with E-state index in [1.165, 1.54) is 25.7 Å². The van der Waals surface area contributed by atoms with Crippen LogP contribution in [-0.2, 0) is 4.74 Å². The molecular formula is C12H20N2O. The molecule has 3 heteroatoms. The third kappa shape index (κ3) is 1.78. The smallest absolute Gasteiger partial charge is 0.0961 e. The standard InChI is InChI=1S/C12H20N2O/c13-11-3-1-2-7-14(11)10-6-8-15-12(10)9-4-5-9/h9-10,12-13H,1-8H2. The molecule has 84 valence electrons. The van der Waals surface area contributed by atoms with E-state index >= 15 is 0 Å². The minimum Gasteiger partial charge on any atom is -0.376 e. The largest absolute Gasteiger partial charge is 0.376 e. The number of hydrogen-bond acceptors (Lipinski definition) is 2. The predicted molar refractivity (Wildman–Crippen MR) is 59.2 cm³/mol. The molecule has 2 saturated heterocycles. The molecule has 3 nitrogen and oxygen atoms in total. The van der Waals surface area contributed by atoms with Crippen LogP contribution in [0.25, 0.3) is 0 Å². The molecule has 1 N–H and O–H groups in total. The quantitative estimate of drug-likeness (QED) is 0.753. The van der Waals surface area contributed by atoms with E-state index in [0.29, 0.717) is 12.1 Å². The molecule has 2 atom stereocenters. The number of nitrogens with zero attached hydrogens (tertiary/aromatic N) is 1. The third-order valence-electron chi connectivity index (χ3n) is 4.00. The monoisotopic (exact) mass is 208 g/mol. The summed E-state index contributed by atoms with van der Waals surface area (Å²) in [5.41, 5.74) is 0. The van der Waals surface area contributed by atoms with E-state index in [-0.39, 0.29) is 0 Å². The van der Waals surface area contributed by atoms with E-state index in [1.54, 1.807) is 0 Å². The van der Waals surface area contributed by atoms with E-state index < -0.39 is 0 Å². The summed E-state index contributed by atoms with van der Waals surface area (Å²) < 4.78 is 5.85. The average molecular weight is 208 g/mol. The molecule has 0 aromatic rings. The molecule has 1 saturated carbocycles. The molecule has 0 bridgehead atoms. The van der Waals surface area contributed by atoms with Gasteiger partial charge in [0.1, 0.15) is 0 Å². The SMILES string of the molecule is N=C1CCCCN1C1CCOC1C1CC1. The second-order valence-corrected chi connectivity index (χ2v) is 5.13. The zero-order chi connectivity index (χ0) is 10.3. The lowest BCUT2D eigenvalue weighted by Gasteiger charge is -2.37. The molecule has 1 aliphatic carbocycles. The van der Waals surface area contributed by atoms with Crippen molar-refractivity contribution in [2.24, 2.45) is 5.92 Å². The summed E-state index contributed by atoms with van der Waals surface area (Å²) in [5, 5.41) is 8.03. The van der Waals surface area contributed by atoms with E-state index in [9.17, 15) is 0 Å². The van der Waals surface area contributed by atoms with E-state index in [2.05, 4.69) is 4.90 Å². The third-order valence-corrected chi connectivity index (χ3v) is 4.00. The van der Waals surface area contributed by atoms with Crippen molar-refractivity contribution >= 4 is 5.84 Å². The fraction of sp³-hybridized carbons (Fsp3) is 0.917. The molecule has 0 aromatic heterocycles. The highest BCUT2D eigenvalue weighted by Gasteiger charge is 2.43. The summed E-state index contributed by atoms with van der Waals surface area (Å²) in [7, 11) is 0. The van der Waals surface area contributed by atoms with Crippen LogP contribution in [0.1, 0.15) is 38.5 Å². The minimum atomic E-state index is 0.448. The number of amidine groups is 1. The van der Waals surface area contributed by atoms with Crippen molar-refractivity contribution in [3.63, 3.8) is 0 Å². The molecule has 2 heterocycles. The average Bonchev–Trinajstić information content (AvgIpc) is 2.98. The molecule has 2 aliphatic heterocycles. The second kappa shape index (κ2) is 3.78. The molecule has 3 fully saturated rings. The van der Waals surface area contributed by atoms with E-state index in [4.69, 9.17) is 10.1 Å². The summed E-state index contributed by atoms with van der Waals surface area (Å²) in [5.74, 6) is 1.68. The van der Waals surface area contributed by atoms with Crippen LogP contribution >= 0.6 is 0 Å². The number of nitrogens with one attached hydrogen (secondary N) is 1. The van der Waals surface area contributed by atoms with E-state index in [0.717, 1.165) is 37.7 Å². The maximum atomic E-state index is 8.03.